The molecule has 0 aliphatic rings. The van der Waals surface area contributed by atoms with Gasteiger partial charge in [-0.15, -0.1) is 12.4 Å². The summed E-state index contributed by atoms with van der Waals surface area (Å²) < 4.78 is 26.5. The van der Waals surface area contributed by atoms with Gasteiger partial charge in [0.05, 0.1) is 5.92 Å². The molecule has 1 atom stereocenters. The highest BCUT2D eigenvalue weighted by Gasteiger charge is 2.22. The van der Waals surface area contributed by atoms with Gasteiger partial charge in [0.25, 0.3) is 0 Å². The zero-order valence-electron chi connectivity index (χ0n) is 14.1. The second-order valence-corrected chi connectivity index (χ2v) is 5.74. The average molecular weight is 369 g/mol. The Morgan fingerprint density at radius 2 is 1.76 bits per heavy atom. The van der Waals surface area contributed by atoms with E-state index in [1.165, 1.54) is 6.07 Å². The van der Waals surface area contributed by atoms with Crippen LogP contribution in [0.25, 0.3) is 0 Å². The quantitative estimate of drug-likeness (QED) is 0.812. The summed E-state index contributed by atoms with van der Waals surface area (Å²) in [5, 5.41) is 0. The molecule has 0 saturated heterocycles. The van der Waals surface area contributed by atoms with Crippen molar-refractivity contribution in [1.82, 2.24) is 4.90 Å². The van der Waals surface area contributed by atoms with E-state index in [0.29, 0.717) is 25.2 Å². The van der Waals surface area contributed by atoms with Gasteiger partial charge in [0.15, 0.2) is 11.6 Å². The predicted molar refractivity (Wildman–Crippen MR) is 97.8 cm³/mol. The van der Waals surface area contributed by atoms with E-state index in [9.17, 15) is 13.6 Å². The van der Waals surface area contributed by atoms with Gasteiger partial charge in [-0.25, -0.2) is 8.78 Å². The molecule has 0 radical (unpaired) electrons. The van der Waals surface area contributed by atoms with Gasteiger partial charge in [-0.3, -0.25) is 4.79 Å². The highest BCUT2D eigenvalue weighted by molar-refractivity contribution is 5.85. The van der Waals surface area contributed by atoms with Gasteiger partial charge < -0.3 is 10.6 Å². The van der Waals surface area contributed by atoms with Gasteiger partial charge in [0, 0.05) is 19.6 Å². The van der Waals surface area contributed by atoms with E-state index in [4.69, 9.17) is 5.73 Å². The molecule has 1 amide bonds. The number of halogens is 3. The van der Waals surface area contributed by atoms with Crippen molar-refractivity contribution in [2.45, 2.75) is 19.3 Å². The van der Waals surface area contributed by atoms with Crippen LogP contribution in [0.5, 0.6) is 0 Å². The van der Waals surface area contributed by atoms with Crippen LogP contribution in [0.1, 0.15) is 24.0 Å². The Hall–Kier alpha value is -1.98. The van der Waals surface area contributed by atoms with E-state index in [0.717, 1.165) is 24.1 Å². The van der Waals surface area contributed by atoms with Crippen LogP contribution in [0, 0.1) is 11.6 Å². The largest absolute Gasteiger partial charge is 0.341 e. The molecule has 0 spiro atoms. The fourth-order valence-electron chi connectivity index (χ4n) is 2.59. The number of carbonyl (C=O) groups excluding carboxylic acids is 1. The van der Waals surface area contributed by atoms with Crippen LogP contribution >= 0.6 is 12.4 Å². The monoisotopic (exact) mass is 368 g/mol. The fourth-order valence-corrected chi connectivity index (χ4v) is 2.59. The molecule has 2 aromatic carbocycles. The molecular weight excluding hydrogens is 346 g/mol. The Morgan fingerprint density at radius 1 is 1.08 bits per heavy atom. The molecule has 0 fully saturated rings. The third-order valence-electron chi connectivity index (χ3n) is 4.04. The molecule has 0 bridgehead atoms. The molecule has 0 aliphatic heterocycles. The summed E-state index contributed by atoms with van der Waals surface area (Å²) >= 11 is 0. The molecule has 3 nitrogen and oxygen atoms in total. The Balaban J connectivity index is 0.00000312. The third kappa shape index (κ3) is 5.80. The van der Waals surface area contributed by atoms with E-state index in [1.54, 1.807) is 11.8 Å². The Labute approximate surface area is 153 Å². The first-order valence-corrected chi connectivity index (χ1v) is 8.00. The van der Waals surface area contributed by atoms with Crippen molar-refractivity contribution in [3.63, 3.8) is 0 Å². The molecule has 0 saturated carbocycles. The summed E-state index contributed by atoms with van der Waals surface area (Å²) in [5.41, 5.74) is 7.21. The van der Waals surface area contributed by atoms with E-state index in [2.05, 4.69) is 0 Å². The topological polar surface area (TPSA) is 46.3 Å². The average Bonchev–Trinajstić information content (AvgIpc) is 2.60. The first-order valence-electron chi connectivity index (χ1n) is 8.00. The maximum Gasteiger partial charge on any atom is 0.229 e. The first kappa shape index (κ1) is 21.1. The van der Waals surface area contributed by atoms with Crippen molar-refractivity contribution >= 4 is 18.3 Å². The smallest absolute Gasteiger partial charge is 0.229 e. The fraction of sp³-hybridized carbons (Fsp3) is 0.316. The molecule has 1 unspecified atom stereocenters. The predicted octanol–water partition coefficient (Wildman–Crippen LogP) is 3.52. The van der Waals surface area contributed by atoms with E-state index in [-0.39, 0.29) is 18.3 Å². The summed E-state index contributed by atoms with van der Waals surface area (Å²) in [6, 6.07) is 13.4. The maximum atomic E-state index is 13.4. The van der Waals surface area contributed by atoms with Gasteiger partial charge in [-0.05, 0) is 36.6 Å². The number of hydrogen-bond donors (Lipinski definition) is 1. The van der Waals surface area contributed by atoms with Crippen molar-refractivity contribution in [1.29, 1.82) is 0 Å². The molecule has 25 heavy (non-hydrogen) atoms. The lowest BCUT2D eigenvalue weighted by molar-refractivity contribution is -0.132. The molecule has 2 rings (SSSR count). The first-order chi connectivity index (χ1) is 11.5. The summed E-state index contributed by atoms with van der Waals surface area (Å²) in [4.78, 5) is 14.4. The highest BCUT2D eigenvalue weighted by Crippen LogP contribution is 2.20. The summed E-state index contributed by atoms with van der Waals surface area (Å²) in [6.45, 7) is 3.01. The standard InChI is InChI=1S/C19H22F2N2O.ClH/c1-14(16-7-8-17(20)18(21)13-16)19(24)23(12-10-22)11-9-15-5-3-2-4-6-15;/h2-8,13-14H,9-12,22H2,1H3;1H. The molecular formula is C19H23ClF2N2O. The van der Waals surface area contributed by atoms with Gasteiger partial charge in [-0.2, -0.15) is 0 Å². The lowest BCUT2D eigenvalue weighted by Crippen LogP contribution is -2.39. The zero-order valence-corrected chi connectivity index (χ0v) is 14.9. The number of nitrogens with zero attached hydrogens (tertiary/aromatic N) is 1. The zero-order chi connectivity index (χ0) is 17.5. The third-order valence-corrected chi connectivity index (χ3v) is 4.04. The number of nitrogens with two attached hydrogens (primary N) is 1. The number of rotatable bonds is 7. The van der Waals surface area contributed by atoms with Crippen LogP contribution in [0.15, 0.2) is 48.5 Å². The van der Waals surface area contributed by atoms with Crippen LogP contribution in [0.2, 0.25) is 0 Å². The summed E-state index contributed by atoms with van der Waals surface area (Å²) in [7, 11) is 0. The Morgan fingerprint density at radius 3 is 2.36 bits per heavy atom. The normalized spacial score (nSPS) is 11.5. The second-order valence-electron chi connectivity index (χ2n) is 5.74. The van der Waals surface area contributed by atoms with Crippen LogP contribution in [-0.2, 0) is 11.2 Å². The minimum Gasteiger partial charge on any atom is -0.341 e. The number of benzene rings is 2. The van der Waals surface area contributed by atoms with Crippen molar-refractivity contribution in [3.8, 4) is 0 Å². The van der Waals surface area contributed by atoms with Crippen LogP contribution in [-0.4, -0.2) is 30.4 Å². The lowest BCUT2D eigenvalue weighted by Gasteiger charge is -2.25. The molecule has 0 aromatic heterocycles. The molecule has 0 heterocycles. The Bertz CT molecular complexity index is 682. The summed E-state index contributed by atoms with van der Waals surface area (Å²) in [5.74, 6) is -2.55. The van der Waals surface area contributed by atoms with Crippen molar-refractivity contribution in [2.75, 3.05) is 19.6 Å². The highest BCUT2D eigenvalue weighted by atomic mass is 35.5. The van der Waals surface area contributed by atoms with E-state index in [1.807, 2.05) is 30.3 Å². The van der Waals surface area contributed by atoms with Crippen molar-refractivity contribution < 1.29 is 13.6 Å². The molecule has 2 aromatic rings. The number of amides is 1. The second kappa shape index (κ2) is 10.1. The van der Waals surface area contributed by atoms with Crippen LogP contribution in [0.3, 0.4) is 0 Å². The SMILES string of the molecule is CC(C(=O)N(CCN)CCc1ccccc1)c1ccc(F)c(F)c1.Cl. The minimum absolute atomic E-state index is 0. The van der Waals surface area contributed by atoms with Crippen molar-refractivity contribution in [3.05, 3.63) is 71.3 Å². The van der Waals surface area contributed by atoms with Gasteiger partial charge in [0.1, 0.15) is 0 Å². The molecule has 0 aliphatic carbocycles. The van der Waals surface area contributed by atoms with E-state index >= 15 is 0 Å². The summed E-state index contributed by atoms with van der Waals surface area (Å²) in [6.07, 6.45) is 0.719. The van der Waals surface area contributed by atoms with Gasteiger partial charge >= 0.3 is 0 Å². The van der Waals surface area contributed by atoms with Gasteiger partial charge in [0.2, 0.25) is 5.91 Å². The van der Waals surface area contributed by atoms with Crippen LogP contribution in [0.4, 0.5) is 8.78 Å². The minimum atomic E-state index is -0.943. The number of hydrogen-bond acceptors (Lipinski definition) is 2. The maximum absolute atomic E-state index is 13.4. The number of carbonyl (C=O) groups is 1. The molecule has 6 heteroatoms. The molecule has 136 valence electrons. The lowest BCUT2D eigenvalue weighted by atomic mass is 9.99. The van der Waals surface area contributed by atoms with E-state index < -0.39 is 17.6 Å². The Kier molecular flexibility index (Phi) is 8.52. The van der Waals surface area contributed by atoms with Gasteiger partial charge in [-0.1, -0.05) is 36.4 Å². The van der Waals surface area contributed by atoms with Crippen molar-refractivity contribution in [2.24, 2.45) is 5.73 Å². The van der Waals surface area contributed by atoms with Crippen LogP contribution < -0.4 is 5.73 Å². The molecule has 2 N–H and O–H groups in total.